The van der Waals surface area contributed by atoms with Crippen molar-refractivity contribution in [2.24, 2.45) is 0 Å². The van der Waals surface area contributed by atoms with Crippen LogP contribution in [0.1, 0.15) is 29.2 Å². The van der Waals surface area contributed by atoms with Gasteiger partial charge < -0.3 is 10.1 Å². The molecular formula is C13H17NO. The molecule has 2 nitrogen and oxygen atoms in total. The molecule has 0 radical (unpaired) electrons. The van der Waals surface area contributed by atoms with Crippen LogP contribution in [0.5, 0.6) is 0 Å². The third-order valence-electron chi connectivity index (χ3n) is 3.50. The first-order chi connectivity index (χ1) is 7.34. The molecule has 1 fully saturated rings. The SMILES string of the molecule is Cc1ccc2c(c1)[C@@H]([C@@H]1CCN1)OCC2. The zero-order chi connectivity index (χ0) is 10.3. The van der Waals surface area contributed by atoms with Gasteiger partial charge in [0.05, 0.1) is 12.7 Å². The Bertz CT molecular complexity index is 371. The van der Waals surface area contributed by atoms with Crippen LogP contribution in [0, 0.1) is 6.92 Å². The first-order valence-corrected chi connectivity index (χ1v) is 5.79. The molecule has 2 aliphatic rings. The van der Waals surface area contributed by atoms with E-state index >= 15 is 0 Å². The van der Waals surface area contributed by atoms with Crippen molar-refractivity contribution in [3.63, 3.8) is 0 Å². The van der Waals surface area contributed by atoms with Gasteiger partial charge in [-0.15, -0.1) is 0 Å². The first-order valence-electron chi connectivity index (χ1n) is 5.79. The fraction of sp³-hybridized carbons (Fsp3) is 0.538. The van der Waals surface area contributed by atoms with Crippen molar-refractivity contribution < 1.29 is 4.74 Å². The molecule has 0 saturated carbocycles. The van der Waals surface area contributed by atoms with Gasteiger partial charge in [-0.2, -0.15) is 0 Å². The van der Waals surface area contributed by atoms with Crippen LogP contribution in [0.2, 0.25) is 0 Å². The smallest absolute Gasteiger partial charge is 0.0981 e. The van der Waals surface area contributed by atoms with Crippen molar-refractivity contribution >= 4 is 0 Å². The molecule has 0 aliphatic carbocycles. The summed E-state index contributed by atoms with van der Waals surface area (Å²) < 4.78 is 5.90. The van der Waals surface area contributed by atoms with E-state index < -0.39 is 0 Å². The highest BCUT2D eigenvalue weighted by atomic mass is 16.5. The quantitative estimate of drug-likeness (QED) is 0.753. The molecule has 0 amide bonds. The highest BCUT2D eigenvalue weighted by Gasteiger charge is 2.32. The van der Waals surface area contributed by atoms with Crippen molar-refractivity contribution in [2.75, 3.05) is 13.2 Å². The van der Waals surface area contributed by atoms with Gasteiger partial charge in [-0.3, -0.25) is 0 Å². The van der Waals surface area contributed by atoms with E-state index in [9.17, 15) is 0 Å². The fourth-order valence-corrected chi connectivity index (χ4v) is 2.49. The Hall–Kier alpha value is -0.860. The van der Waals surface area contributed by atoms with E-state index in [1.165, 1.54) is 23.1 Å². The minimum Gasteiger partial charge on any atom is -0.372 e. The lowest BCUT2D eigenvalue weighted by Gasteiger charge is -2.38. The molecule has 1 aromatic carbocycles. The Morgan fingerprint density at radius 3 is 3.00 bits per heavy atom. The van der Waals surface area contributed by atoms with Gasteiger partial charge in [0.25, 0.3) is 0 Å². The van der Waals surface area contributed by atoms with Crippen LogP contribution >= 0.6 is 0 Å². The van der Waals surface area contributed by atoms with E-state index in [1.807, 2.05) is 0 Å². The van der Waals surface area contributed by atoms with E-state index in [2.05, 4.69) is 30.4 Å². The van der Waals surface area contributed by atoms with Gasteiger partial charge in [0.2, 0.25) is 0 Å². The Morgan fingerprint density at radius 1 is 1.40 bits per heavy atom. The maximum absolute atomic E-state index is 5.90. The number of rotatable bonds is 1. The molecule has 0 aromatic heterocycles. The van der Waals surface area contributed by atoms with Crippen LogP contribution in [0.3, 0.4) is 0 Å². The minimum absolute atomic E-state index is 0.294. The van der Waals surface area contributed by atoms with Crippen LogP contribution in [-0.2, 0) is 11.2 Å². The lowest BCUT2D eigenvalue weighted by molar-refractivity contribution is -0.00153. The number of fused-ring (bicyclic) bond motifs is 1. The van der Waals surface area contributed by atoms with Crippen LogP contribution in [-0.4, -0.2) is 19.2 Å². The molecule has 80 valence electrons. The van der Waals surface area contributed by atoms with Crippen LogP contribution in [0.15, 0.2) is 18.2 Å². The van der Waals surface area contributed by atoms with Gasteiger partial charge in [-0.05, 0) is 37.4 Å². The largest absolute Gasteiger partial charge is 0.372 e. The molecular weight excluding hydrogens is 186 g/mol. The zero-order valence-corrected chi connectivity index (χ0v) is 9.12. The van der Waals surface area contributed by atoms with Crippen molar-refractivity contribution in [1.82, 2.24) is 5.32 Å². The summed E-state index contributed by atoms with van der Waals surface area (Å²) >= 11 is 0. The topological polar surface area (TPSA) is 21.3 Å². The summed E-state index contributed by atoms with van der Waals surface area (Å²) in [6.45, 7) is 4.17. The van der Waals surface area contributed by atoms with Gasteiger partial charge in [-0.1, -0.05) is 23.8 Å². The predicted octanol–water partition coefficient (Wildman–Crippen LogP) is 1.97. The van der Waals surface area contributed by atoms with Crippen molar-refractivity contribution in [1.29, 1.82) is 0 Å². The minimum atomic E-state index is 0.294. The zero-order valence-electron chi connectivity index (χ0n) is 9.12. The number of hydrogen-bond donors (Lipinski definition) is 1. The van der Waals surface area contributed by atoms with Crippen molar-refractivity contribution in [3.05, 3.63) is 34.9 Å². The summed E-state index contributed by atoms with van der Waals surface area (Å²) in [7, 11) is 0. The first kappa shape index (κ1) is 9.37. The fourth-order valence-electron chi connectivity index (χ4n) is 2.49. The Labute approximate surface area is 90.6 Å². The summed E-state index contributed by atoms with van der Waals surface area (Å²) in [4.78, 5) is 0. The van der Waals surface area contributed by atoms with Crippen molar-refractivity contribution in [2.45, 2.75) is 31.9 Å². The van der Waals surface area contributed by atoms with Gasteiger partial charge in [0, 0.05) is 6.04 Å². The molecule has 2 aliphatic heterocycles. The maximum Gasteiger partial charge on any atom is 0.0981 e. The van der Waals surface area contributed by atoms with Gasteiger partial charge in [0.1, 0.15) is 0 Å². The van der Waals surface area contributed by atoms with Gasteiger partial charge in [0.15, 0.2) is 0 Å². The number of benzene rings is 1. The van der Waals surface area contributed by atoms with E-state index in [1.54, 1.807) is 0 Å². The number of ether oxygens (including phenoxy) is 1. The second-order valence-corrected chi connectivity index (χ2v) is 4.59. The van der Waals surface area contributed by atoms with E-state index in [-0.39, 0.29) is 0 Å². The second-order valence-electron chi connectivity index (χ2n) is 4.59. The number of hydrogen-bond acceptors (Lipinski definition) is 2. The van der Waals surface area contributed by atoms with Crippen LogP contribution in [0.25, 0.3) is 0 Å². The lowest BCUT2D eigenvalue weighted by atomic mass is 9.88. The summed E-state index contributed by atoms with van der Waals surface area (Å²) in [5.74, 6) is 0. The maximum atomic E-state index is 5.90. The highest BCUT2D eigenvalue weighted by Crippen LogP contribution is 2.33. The molecule has 1 aromatic rings. The summed E-state index contributed by atoms with van der Waals surface area (Å²) in [6, 6.07) is 7.30. The third-order valence-corrected chi connectivity index (χ3v) is 3.50. The lowest BCUT2D eigenvalue weighted by Crippen LogP contribution is -2.48. The average molecular weight is 203 g/mol. The number of nitrogens with one attached hydrogen (secondary N) is 1. The average Bonchev–Trinajstić information content (AvgIpc) is 2.16. The molecule has 0 bridgehead atoms. The summed E-state index contributed by atoms with van der Waals surface area (Å²) in [5, 5.41) is 3.45. The van der Waals surface area contributed by atoms with E-state index in [0.29, 0.717) is 12.1 Å². The normalized spacial score (nSPS) is 29.4. The molecule has 0 unspecified atom stereocenters. The molecule has 15 heavy (non-hydrogen) atoms. The van der Waals surface area contributed by atoms with E-state index in [0.717, 1.165) is 19.6 Å². The Balaban J connectivity index is 1.96. The van der Waals surface area contributed by atoms with Crippen LogP contribution < -0.4 is 5.32 Å². The summed E-state index contributed by atoms with van der Waals surface area (Å²) in [5.41, 5.74) is 4.23. The molecule has 3 rings (SSSR count). The third kappa shape index (κ3) is 1.58. The Kier molecular flexibility index (Phi) is 2.26. The van der Waals surface area contributed by atoms with Gasteiger partial charge in [-0.25, -0.2) is 0 Å². The second kappa shape index (κ2) is 3.62. The summed E-state index contributed by atoms with van der Waals surface area (Å²) in [6.07, 6.45) is 2.61. The highest BCUT2D eigenvalue weighted by molar-refractivity contribution is 5.35. The molecule has 2 heteroatoms. The molecule has 2 heterocycles. The molecule has 0 spiro atoms. The Morgan fingerprint density at radius 2 is 2.27 bits per heavy atom. The predicted molar refractivity (Wildman–Crippen MR) is 60.0 cm³/mol. The van der Waals surface area contributed by atoms with Crippen LogP contribution in [0.4, 0.5) is 0 Å². The molecule has 1 saturated heterocycles. The molecule has 1 N–H and O–H groups in total. The monoisotopic (exact) mass is 203 g/mol. The number of aryl methyl sites for hydroxylation is 1. The van der Waals surface area contributed by atoms with Crippen molar-refractivity contribution in [3.8, 4) is 0 Å². The van der Waals surface area contributed by atoms with Gasteiger partial charge >= 0.3 is 0 Å². The molecule has 2 atom stereocenters. The van der Waals surface area contributed by atoms with E-state index in [4.69, 9.17) is 4.74 Å². The standard InChI is InChI=1S/C13H17NO/c1-9-2-3-10-5-7-15-13(11(10)8-9)12-4-6-14-12/h2-3,8,12-14H,4-7H2,1H3/t12-,13-/m0/s1.